The monoisotopic (exact) mass is 423 g/mol. The highest BCUT2D eigenvalue weighted by Crippen LogP contribution is 2.31. The molecule has 0 spiro atoms. The van der Waals surface area contributed by atoms with Gasteiger partial charge in [0.15, 0.2) is 0 Å². The van der Waals surface area contributed by atoms with E-state index >= 15 is 0 Å². The minimum Gasteiger partial charge on any atom is -0.382 e. The molecule has 7 heteroatoms. The number of likely N-dealkylation sites (tertiary alicyclic amines) is 1. The highest BCUT2D eigenvalue weighted by molar-refractivity contribution is 5.85. The van der Waals surface area contributed by atoms with E-state index < -0.39 is 0 Å². The van der Waals surface area contributed by atoms with E-state index in [4.69, 9.17) is 9.47 Å². The normalized spacial score (nSPS) is 23.9. The number of nitrogens with zero attached hydrogens (tertiary/aromatic N) is 2. The molecule has 0 unspecified atom stereocenters. The zero-order valence-electron chi connectivity index (χ0n) is 17.6. The van der Waals surface area contributed by atoms with Crippen molar-refractivity contribution in [3.63, 3.8) is 0 Å². The summed E-state index contributed by atoms with van der Waals surface area (Å²) >= 11 is 0. The van der Waals surface area contributed by atoms with Gasteiger partial charge in [0.1, 0.15) is 0 Å². The number of benzene rings is 1. The number of halogens is 1. The first kappa shape index (κ1) is 22.3. The summed E-state index contributed by atoms with van der Waals surface area (Å²) in [6, 6.07) is 7.17. The Hall–Kier alpha value is -1.34. The van der Waals surface area contributed by atoms with Gasteiger partial charge in [-0.1, -0.05) is 6.07 Å². The molecule has 0 amide bonds. The standard InChI is InChI=1S/C22H33N3O3.ClH/c1-16-3-8-20-21(15-16)25(22(26)23-20)18-9-11-24(12-10-18)17-4-6-19(7-5-17)28-14-13-27-2;/h3,8,15,17-19H,4-7,9-14H2,1-2H3,(H,23,26);1H. The Bertz CT molecular complexity index is 833. The highest BCUT2D eigenvalue weighted by atomic mass is 35.5. The average molecular weight is 424 g/mol. The molecular weight excluding hydrogens is 390 g/mol. The lowest BCUT2D eigenvalue weighted by molar-refractivity contribution is -0.0173. The van der Waals surface area contributed by atoms with E-state index in [2.05, 4.69) is 28.9 Å². The van der Waals surface area contributed by atoms with E-state index in [1.54, 1.807) is 7.11 Å². The largest absolute Gasteiger partial charge is 0.382 e. The van der Waals surface area contributed by atoms with Crippen molar-refractivity contribution in [3.8, 4) is 0 Å². The zero-order chi connectivity index (χ0) is 19.5. The second kappa shape index (κ2) is 10.1. The second-order valence-corrected chi connectivity index (χ2v) is 8.38. The maximum atomic E-state index is 12.5. The van der Waals surface area contributed by atoms with Crippen molar-refractivity contribution < 1.29 is 9.47 Å². The van der Waals surface area contributed by atoms with Gasteiger partial charge < -0.3 is 19.4 Å². The fourth-order valence-electron chi connectivity index (χ4n) is 4.98. The molecule has 6 nitrogen and oxygen atoms in total. The number of H-pyrrole nitrogens is 1. The molecule has 2 fully saturated rings. The van der Waals surface area contributed by atoms with Gasteiger partial charge in [0.2, 0.25) is 0 Å². The predicted octanol–water partition coefficient (Wildman–Crippen LogP) is 3.67. The molecule has 29 heavy (non-hydrogen) atoms. The van der Waals surface area contributed by atoms with E-state index in [0.717, 1.165) is 49.8 Å². The summed E-state index contributed by atoms with van der Waals surface area (Å²) in [7, 11) is 1.72. The maximum absolute atomic E-state index is 12.5. The Morgan fingerprint density at radius 1 is 1.03 bits per heavy atom. The van der Waals surface area contributed by atoms with E-state index in [1.807, 2.05) is 10.6 Å². The van der Waals surface area contributed by atoms with Crippen LogP contribution in [0.25, 0.3) is 11.0 Å². The van der Waals surface area contributed by atoms with Gasteiger partial charge in [0.05, 0.1) is 30.4 Å². The first-order valence-corrected chi connectivity index (χ1v) is 10.7. The van der Waals surface area contributed by atoms with Crippen LogP contribution < -0.4 is 5.69 Å². The number of hydrogen-bond donors (Lipinski definition) is 1. The Balaban J connectivity index is 0.00000240. The molecule has 1 aromatic heterocycles. The molecule has 1 aliphatic heterocycles. The Kier molecular flexibility index (Phi) is 7.79. The van der Waals surface area contributed by atoms with Gasteiger partial charge in [-0.2, -0.15) is 0 Å². The molecule has 1 N–H and O–H groups in total. The number of rotatable bonds is 6. The van der Waals surface area contributed by atoms with Crippen LogP contribution in [0.5, 0.6) is 0 Å². The molecule has 1 aliphatic carbocycles. The Morgan fingerprint density at radius 3 is 2.45 bits per heavy atom. The molecule has 1 aromatic carbocycles. The van der Waals surface area contributed by atoms with Crippen molar-refractivity contribution in [1.29, 1.82) is 0 Å². The second-order valence-electron chi connectivity index (χ2n) is 8.38. The third-order valence-corrected chi connectivity index (χ3v) is 6.54. The first-order chi connectivity index (χ1) is 13.7. The molecule has 4 rings (SSSR count). The van der Waals surface area contributed by atoms with Crippen LogP contribution in [0.4, 0.5) is 0 Å². The van der Waals surface area contributed by atoms with Gasteiger partial charge in [-0.05, 0) is 63.1 Å². The van der Waals surface area contributed by atoms with Crippen molar-refractivity contribution >= 4 is 23.4 Å². The van der Waals surface area contributed by atoms with Gasteiger partial charge in [0, 0.05) is 32.3 Å². The summed E-state index contributed by atoms with van der Waals surface area (Å²) in [6.45, 7) is 5.63. The van der Waals surface area contributed by atoms with Crippen molar-refractivity contribution in [2.45, 2.75) is 63.6 Å². The van der Waals surface area contributed by atoms with Crippen LogP contribution in [0.15, 0.2) is 23.0 Å². The van der Waals surface area contributed by atoms with Crippen molar-refractivity contribution in [2.24, 2.45) is 0 Å². The van der Waals surface area contributed by atoms with Crippen molar-refractivity contribution in [1.82, 2.24) is 14.5 Å². The van der Waals surface area contributed by atoms with Crippen LogP contribution in [0.1, 0.15) is 50.1 Å². The summed E-state index contributed by atoms with van der Waals surface area (Å²) in [5, 5.41) is 0. The van der Waals surface area contributed by atoms with E-state index in [0.29, 0.717) is 31.4 Å². The molecule has 0 radical (unpaired) electrons. The van der Waals surface area contributed by atoms with Gasteiger partial charge in [-0.3, -0.25) is 4.57 Å². The predicted molar refractivity (Wildman–Crippen MR) is 118 cm³/mol. The minimum atomic E-state index is 0. The molecule has 0 atom stereocenters. The lowest BCUT2D eigenvalue weighted by Crippen LogP contribution is -2.45. The number of nitrogens with one attached hydrogen (secondary N) is 1. The third-order valence-electron chi connectivity index (χ3n) is 6.54. The fourth-order valence-corrected chi connectivity index (χ4v) is 4.98. The number of imidazole rings is 1. The lowest BCUT2D eigenvalue weighted by Gasteiger charge is -2.41. The van der Waals surface area contributed by atoms with Gasteiger partial charge in [0.25, 0.3) is 0 Å². The minimum absolute atomic E-state index is 0. The molecule has 2 aromatic rings. The summed E-state index contributed by atoms with van der Waals surface area (Å²) in [5.41, 5.74) is 3.23. The van der Waals surface area contributed by atoms with Crippen LogP contribution in [0.3, 0.4) is 0 Å². The number of ether oxygens (including phenoxy) is 2. The number of aromatic nitrogens is 2. The quantitative estimate of drug-likeness (QED) is 0.720. The van der Waals surface area contributed by atoms with Crippen LogP contribution in [-0.2, 0) is 9.47 Å². The van der Waals surface area contributed by atoms with Crippen molar-refractivity contribution in [3.05, 3.63) is 34.2 Å². The molecule has 1 saturated heterocycles. The van der Waals surface area contributed by atoms with Crippen LogP contribution in [0, 0.1) is 6.92 Å². The Morgan fingerprint density at radius 2 is 1.76 bits per heavy atom. The number of aryl methyl sites for hydroxylation is 1. The zero-order valence-corrected chi connectivity index (χ0v) is 18.4. The summed E-state index contributed by atoms with van der Waals surface area (Å²) < 4.78 is 13.0. The van der Waals surface area contributed by atoms with Crippen LogP contribution in [-0.4, -0.2) is 60.0 Å². The lowest BCUT2D eigenvalue weighted by atomic mass is 9.90. The molecule has 0 bridgehead atoms. The summed E-state index contributed by atoms with van der Waals surface area (Å²) in [5.74, 6) is 0. The summed E-state index contributed by atoms with van der Waals surface area (Å²) in [6.07, 6.45) is 7.22. The van der Waals surface area contributed by atoms with Crippen LogP contribution in [0.2, 0.25) is 0 Å². The maximum Gasteiger partial charge on any atom is 0.326 e. The van der Waals surface area contributed by atoms with E-state index in [1.165, 1.54) is 18.4 Å². The molecule has 1 saturated carbocycles. The van der Waals surface area contributed by atoms with E-state index in [-0.39, 0.29) is 18.1 Å². The number of hydrogen-bond acceptors (Lipinski definition) is 4. The van der Waals surface area contributed by atoms with Gasteiger partial charge >= 0.3 is 5.69 Å². The van der Waals surface area contributed by atoms with E-state index in [9.17, 15) is 4.79 Å². The SMILES string of the molecule is COCCOC1CCC(N2CCC(n3c(=O)[nH]c4ccc(C)cc43)CC2)CC1.Cl. The Labute approximate surface area is 179 Å². The average Bonchev–Trinajstić information content (AvgIpc) is 3.04. The number of fused-ring (bicyclic) bond motifs is 1. The molecule has 2 heterocycles. The van der Waals surface area contributed by atoms with Gasteiger partial charge in [-0.15, -0.1) is 12.4 Å². The number of piperidine rings is 1. The molecule has 2 aliphatic rings. The summed E-state index contributed by atoms with van der Waals surface area (Å²) in [4.78, 5) is 18.2. The number of aromatic amines is 1. The smallest absolute Gasteiger partial charge is 0.326 e. The van der Waals surface area contributed by atoms with Crippen LogP contribution >= 0.6 is 12.4 Å². The fraction of sp³-hybridized carbons (Fsp3) is 0.682. The first-order valence-electron chi connectivity index (χ1n) is 10.7. The van der Waals surface area contributed by atoms with Gasteiger partial charge in [-0.25, -0.2) is 4.79 Å². The number of methoxy groups -OCH3 is 1. The topological polar surface area (TPSA) is 59.5 Å². The third kappa shape index (κ3) is 5.05. The molecular formula is C22H34ClN3O3. The van der Waals surface area contributed by atoms with Crippen molar-refractivity contribution in [2.75, 3.05) is 33.4 Å². The molecule has 162 valence electrons. The highest BCUT2D eigenvalue weighted by Gasteiger charge is 2.30.